The molecule has 0 aromatic carbocycles. The summed E-state index contributed by atoms with van der Waals surface area (Å²) < 4.78 is 0. The van der Waals surface area contributed by atoms with Gasteiger partial charge in [-0.3, -0.25) is 0 Å². The molecule has 82 valence electrons. The van der Waals surface area contributed by atoms with Crippen molar-refractivity contribution in [1.82, 2.24) is 5.01 Å². The average molecular weight is 200 g/mol. The summed E-state index contributed by atoms with van der Waals surface area (Å²) in [5.41, 5.74) is 0. The highest BCUT2D eigenvalue weighted by Gasteiger charge is 2.14. The monoisotopic (exact) mass is 200 g/mol. The third kappa shape index (κ3) is 3.96. The fraction of sp³-hybridized carbons (Fsp3) is 0.900. The molecule has 14 heavy (non-hydrogen) atoms. The van der Waals surface area contributed by atoms with E-state index in [2.05, 4.69) is 0 Å². The number of hydrogen-bond acceptors (Lipinski definition) is 2. The zero-order chi connectivity index (χ0) is 10.4. The van der Waals surface area contributed by atoms with Gasteiger partial charge in [0, 0.05) is 6.54 Å². The van der Waals surface area contributed by atoms with Gasteiger partial charge in [0.15, 0.2) is 0 Å². The normalized spacial score (nSPS) is 17.2. The SMILES string of the molecule is NN(CCCCC1CCCC1)C(=O)O. The first-order valence-corrected chi connectivity index (χ1v) is 5.45. The van der Waals surface area contributed by atoms with Gasteiger partial charge >= 0.3 is 6.09 Å². The molecule has 0 aliphatic heterocycles. The molecule has 4 nitrogen and oxygen atoms in total. The van der Waals surface area contributed by atoms with Gasteiger partial charge in [-0.05, 0) is 12.3 Å². The molecule has 0 atom stereocenters. The van der Waals surface area contributed by atoms with Gasteiger partial charge in [-0.15, -0.1) is 0 Å². The zero-order valence-electron chi connectivity index (χ0n) is 8.61. The van der Waals surface area contributed by atoms with Gasteiger partial charge in [-0.2, -0.15) is 0 Å². The first-order valence-electron chi connectivity index (χ1n) is 5.45. The number of nitrogens with zero attached hydrogens (tertiary/aromatic N) is 1. The zero-order valence-corrected chi connectivity index (χ0v) is 8.61. The number of amides is 1. The molecule has 0 spiro atoms. The van der Waals surface area contributed by atoms with Crippen molar-refractivity contribution in [3.05, 3.63) is 0 Å². The lowest BCUT2D eigenvalue weighted by Crippen LogP contribution is -2.36. The Labute approximate surface area is 85.0 Å². The highest BCUT2D eigenvalue weighted by Crippen LogP contribution is 2.28. The van der Waals surface area contributed by atoms with Gasteiger partial charge in [-0.1, -0.05) is 38.5 Å². The summed E-state index contributed by atoms with van der Waals surface area (Å²) >= 11 is 0. The predicted octanol–water partition coefficient (Wildman–Crippen LogP) is 2.20. The highest BCUT2D eigenvalue weighted by atomic mass is 16.4. The molecule has 0 bridgehead atoms. The minimum atomic E-state index is -1.04. The number of hydrogen-bond donors (Lipinski definition) is 2. The van der Waals surface area contributed by atoms with Crippen molar-refractivity contribution in [3.63, 3.8) is 0 Å². The van der Waals surface area contributed by atoms with Crippen LogP contribution in [-0.4, -0.2) is 22.8 Å². The van der Waals surface area contributed by atoms with Crippen molar-refractivity contribution < 1.29 is 9.90 Å². The molecule has 1 aliphatic rings. The number of unbranched alkanes of at least 4 members (excludes halogenated alkanes) is 1. The Hall–Kier alpha value is -0.770. The summed E-state index contributed by atoms with van der Waals surface area (Å²) in [6.07, 6.45) is 7.69. The Morgan fingerprint density at radius 3 is 2.57 bits per heavy atom. The molecule has 0 saturated heterocycles. The van der Waals surface area contributed by atoms with Crippen LogP contribution >= 0.6 is 0 Å². The molecule has 1 amide bonds. The molecule has 4 heteroatoms. The van der Waals surface area contributed by atoms with Crippen LogP contribution in [0.25, 0.3) is 0 Å². The maximum atomic E-state index is 10.4. The number of carboxylic acid groups (broad SMARTS) is 1. The lowest BCUT2D eigenvalue weighted by molar-refractivity contribution is 0.144. The van der Waals surface area contributed by atoms with Crippen LogP contribution < -0.4 is 5.84 Å². The van der Waals surface area contributed by atoms with Crippen molar-refractivity contribution in [2.45, 2.75) is 44.9 Å². The summed E-state index contributed by atoms with van der Waals surface area (Å²) in [5, 5.41) is 9.36. The number of rotatable bonds is 5. The number of nitrogens with two attached hydrogens (primary N) is 1. The molecule has 0 heterocycles. The maximum absolute atomic E-state index is 10.4. The minimum absolute atomic E-state index is 0.460. The summed E-state index contributed by atoms with van der Waals surface area (Å²) in [6, 6.07) is 0. The Bertz CT molecular complexity index is 179. The van der Waals surface area contributed by atoms with Crippen LogP contribution in [-0.2, 0) is 0 Å². The second-order valence-electron chi connectivity index (χ2n) is 4.12. The molecule has 1 aliphatic carbocycles. The molecular formula is C10H20N2O2. The molecule has 1 saturated carbocycles. The van der Waals surface area contributed by atoms with Gasteiger partial charge in [0.25, 0.3) is 0 Å². The summed E-state index contributed by atoms with van der Waals surface area (Å²) in [4.78, 5) is 10.4. The van der Waals surface area contributed by atoms with Crippen LogP contribution in [0.15, 0.2) is 0 Å². The van der Waals surface area contributed by atoms with Crippen LogP contribution in [0.4, 0.5) is 4.79 Å². The standard InChI is InChI=1S/C10H20N2O2/c11-12(10(13)14)8-4-3-7-9-5-1-2-6-9/h9H,1-8,11H2,(H,13,14). The largest absolute Gasteiger partial charge is 0.464 e. The molecule has 0 aromatic heterocycles. The van der Waals surface area contributed by atoms with E-state index in [1.165, 1.54) is 32.1 Å². The molecule has 0 unspecified atom stereocenters. The van der Waals surface area contributed by atoms with E-state index in [4.69, 9.17) is 10.9 Å². The summed E-state index contributed by atoms with van der Waals surface area (Å²) in [7, 11) is 0. The van der Waals surface area contributed by atoms with Crippen molar-refractivity contribution in [3.8, 4) is 0 Å². The molecule has 0 radical (unpaired) electrons. The highest BCUT2D eigenvalue weighted by molar-refractivity contribution is 5.63. The van der Waals surface area contributed by atoms with Gasteiger partial charge in [-0.25, -0.2) is 15.6 Å². The smallest absolute Gasteiger partial charge is 0.421 e. The lowest BCUT2D eigenvalue weighted by atomic mass is 10.0. The van der Waals surface area contributed by atoms with E-state index in [-0.39, 0.29) is 0 Å². The quantitative estimate of drug-likeness (QED) is 0.309. The van der Waals surface area contributed by atoms with E-state index in [1.807, 2.05) is 0 Å². The number of hydrazine groups is 1. The van der Waals surface area contributed by atoms with Crippen molar-refractivity contribution in [2.24, 2.45) is 11.8 Å². The molecular weight excluding hydrogens is 180 g/mol. The van der Waals surface area contributed by atoms with Gasteiger partial charge in [0.05, 0.1) is 0 Å². The molecule has 0 aromatic rings. The lowest BCUT2D eigenvalue weighted by Gasteiger charge is -2.13. The summed E-state index contributed by atoms with van der Waals surface area (Å²) in [5.74, 6) is 6.14. The maximum Gasteiger partial charge on any atom is 0.421 e. The van der Waals surface area contributed by atoms with Crippen molar-refractivity contribution in [2.75, 3.05) is 6.54 Å². The van der Waals surface area contributed by atoms with E-state index in [1.54, 1.807) is 0 Å². The molecule has 3 N–H and O–H groups in total. The van der Waals surface area contributed by atoms with E-state index < -0.39 is 6.09 Å². The van der Waals surface area contributed by atoms with Crippen LogP contribution in [0.3, 0.4) is 0 Å². The topological polar surface area (TPSA) is 66.6 Å². The molecule has 1 fully saturated rings. The van der Waals surface area contributed by atoms with Gasteiger partial charge in [0.1, 0.15) is 0 Å². The van der Waals surface area contributed by atoms with Crippen LogP contribution in [0.2, 0.25) is 0 Å². The van der Waals surface area contributed by atoms with Crippen LogP contribution in [0.1, 0.15) is 44.9 Å². The van der Waals surface area contributed by atoms with E-state index >= 15 is 0 Å². The van der Waals surface area contributed by atoms with E-state index in [9.17, 15) is 4.79 Å². The fourth-order valence-electron chi connectivity index (χ4n) is 2.11. The Morgan fingerprint density at radius 2 is 2.00 bits per heavy atom. The fourth-order valence-corrected chi connectivity index (χ4v) is 2.11. The van der Waals surface area contributed by atoms with E-state index in [0.29, 0.717) is 6.54 Å². The Kier molecular flexibility index (Phi) is 4.73. The Morgan fingerprint density at radius 1 is 1.36 bits per heavy atom. The first kappa shape index (κ1) is 11.3. The van der Waals surface area contributed by atoms with E-state index in [0.717, 1.165) is 23.8 Å². The second kappa shape index (κ2) is 5.86. The molecule has 1 rings (SSSR count). The van der Waals surface area contributed by atoms with Crippen LogP contribution in [0.5, 0.6) is 0 Å². The third-order valence-corrected chi connectivity index (χ3v) is 2.98. The number of carbonyl (C=O) groups is 1. The van der Waals surface area contributed by atoms with Gasteiger partial charge in [0.2, 0.25) is 0 Å². The predicted molar refractivity (Wildman–Crippen MR) is 54.7 cm³/mol. The third-order valence-electron chi connectivity index (χ3n) is 2.98. The first-order chi connectivity index (χ1) is 6.70. The van der Waals surface area contributed by atoms with Crippen molar-refractivity contribution in [1.29, 1.82) is 0 Å². The average Bonchev–Trinajstić information content (AvgIpc) is 2.64. The van der Waals surface area contributed by atoms with Gasteiger partial charge < -0.3 is 5.11 Å². The van der Waals surface area contributed by atoms with Crippen LogP contribution in [0, 0.1) is 5.92 Å². The summed E-state index contributed by atoms with van der Waals surface area (Å²) in [6.45, 7) is 0.460. The minimum Gasteiger partial charge on any atom is -0.464 e. The Balaban J connectivity index is 1.95. The van der Waals surface area contributed by atoms with Crippen molar-refractivity contribution >= 4 is 6.09 Å². The second-order valence-corrected chi connectivity index (χ2v) is 4.12.